The third kappa shape index (κ3) is 3.88. The molecule has 0 aliphatic heterocycles. The molecule has 114 valence electrons. The maximum Gasteiger partial charge on any atom is 0.284 e. The molecule has 5 heteroatoms. The molecule has 0 aromatic carbocycles. The van der Waals surface area contributed by atoms with E-state index in [0.29, 0.717) is 16.4 Å². The van der Waals surface area contributed by atoms with Crippen LogP contribution in [0.1, 0.15) is 45.4 Å². The summed E-state index contributed by atoms with van der Waals surface area (Å²) in [5.41, 5.74) is 0.585. The second kappa shape index (κ2) is 7.65. The van der Waals surface area contributed by atoms with E-state index in [-0.39, 0.29) is 12.1 Å². The molecule has 1 unspecified atom stereocenters. The summed E-state index contributed by atoms with van der Waals surface area (Å²) in [7, 11) is 0. The normalized spacial score (nSPS) is 17.2. The predicted molar refractivity (Wildman–Crippen MR) is 89.3 cm³/mol. The van der Waals surface area contributed by atoms with E-state index < -0.39 is 0 Å². The highest BCUT2D eigenvalue weighted by Crippen LogP contribution is 2.30. The Kier molecular flexibility index (Phi) is 5.86. The molecule has 1 atom stereocenters. The first-order chi connectivity index (χ1) is 10.2. The third-order valence-electron chi connectivity index (χ3n) is 4.23. The number of nitrogens with zero attached hydrogens (tertiary/aromatic N) is 2. The Bertz CT molecular complexity index is 570. The van der Waals surface area contributed by atoms with Gasteiger partial charge >= 0.3 is 0 Å². The highest BCUT2D eigenvalue weighted by Gasteiger charge is 2.23. The van der Waals surface area contributed by atoms with Gasteiger partial charge in [0.25, 0.3) is 5.56 Å². The molecular formula is C16H22BrN3O. The minimum absolute atomic E-state index is 0.184. The molecule has 2 rings (SSSR count). The minimum atomic E-state index is -0.184. The average molecular weight is 352 g/mol. The highest BCUT2D eigenvalue weighted by molar-refractivity contribution is 9.10. The molecule has 1 aliphatic carbocycles. The van der Waals surface area contributed by atoms with Crippen molar-refractivity contribution < 1.29 is 0 Å². The zero-order valence-corrected chi connectivity index (χ0v) is 14.0. The van der Waals surface area contributed by atoms with Crippen molar-refractivity contribution in [3.05, 3.63) is 21.0 Å². The Morgan fingerprint density at radius 3 is 2.86 bits per heavy atom. The number of terminal acetylenes is 1. The molecule has 21 heavy (non-hydrogen) atoms. The maximum absolute atomic E-state index is 12.1. The fourth-order valence-corrected chi connectivity index (χ4v) is 3.48. The van der Waals surface area contributed by atoms with Crippen LogP contribution < -0.4 is 10.9 Å². The van der Waals surface area contributed by atoms with Gasteiger partial charge in [0.1, 0.15) is 11.0 Å². The van der Waals surface area contributed by atoms with Gasteiger partial charge in [-0.1, -0.05) is 32.1 Å². The quantitative estimate of drug-likeness (QED) is 0.826. The average Bonchev–Trinajstić information content (AvgIpc) is 2.52. The largest absolute Gasteiger partial charge is 0.380 e. The summed E-state index contributed by atoms with van der Waals surface area (Å²) >= 11 is 3.38. The predicted octanol–water partition coefficient (Wildman–Crippen LogP) is 3.41. The van der Waals surface area contributed by atoms with Crippen molar-refractivity contribution in [2.45, 2.75) is 58.0 Å². The molecule has 1 aromatic heterocycles. The summed E-state index contributed by atoms with van der Waals surface area (Å²) < 4.78 is 1.80. The maximum atomic E-state index is 12.1. The molecule has 0 amide bonds. The van der Waals surface area contributed by atoms with Gasteiger partial charge in [0, 0.05) is 6.04 Å². The molecule has 0 radical (unpaired) electrons. The molecule has 1 fully saturated rings. The second-order valence-electron chi connectivity index (χ2n) is 5.60. The van der Waals surface area contributed by atoms with Crippen molar-refractivity contribution in [3.8, 4) is 12.3 Å². The fraction of sp³-hybridized carbons (Fsp3) is 0.625. The number of rotatable bonds is 5. The lowest BCUT2D eigenvalue weighted by molar-refractivity contribution is 0.313. The Balaban J connectivity index is 2.16. The first kappa shape index (κ1) is 16.1. The molecular weight excluding hydrogens is 330 g/mol. The molecule has 0 spiro atoms. The van der Waals surface area contributed by atoms with Crippen LogP contribution in [0.2, 0.25) is 0 Å². The van der Waals surface area contributed by atoms with Gasteiger partial charge < -0.3 is 5.32 Å². The van der Waals surface area contributed by atoms with E-state index in [0.717, 1.165) is 12.1 Å². The number of nitrogens with one attached hydrogen (secondary N) is 1. The van der Waals surface area contributed by atoms with Gasteiger partial charge in [0.15, 0.2) is 0 Å². The van der Waals surface area contributed by atoms with Gasteiger partial charge in [-0.25, -0.2) is 4.68 Å². The van der Waals surface area contributed by atoms with Gasteiger partial charge in [0.2, 0.25) is 0 Å². The van der Waals surface area contributed by atoms with Crippen molar-refractivity contribution in [2.75, 3.05) is 5.32 Å². The van der Waals surface area contributed by atoms with Gasteiger partial charge in [-0.05, 0) is 41.1 Å². The van der Waals surface area contributed by atoms with Crippen molar-refractivity contribution in [3.63, 3.8) is 0 Å². The van der Waals surface area contributed by atoms with E-state index in [1.807, 2.05) is 0 Å². The summed E-state index contributed by atoms with van der Waals surface area (Å²) in [6.45, 7) is 2.38. The van der Waals surface area contributed by atoms with Crippen LogP contribution in [0.15, 0.2) is 15.5 Å². The van der Waals surface area contributed by atoms with Gasteiger partial charge in [-0.3, -0.25) is 4.79 Å². The number of anilines is 1. The lowest BCUT2D eigenvalue weighted by atomic mass is 9.83. The van der Waals surface area contributed by atoms with Gasteiger partial charge in [-0.15, -0.1) is 6.42 Å². The molecule has 4 nitrogen and oxygen atoms in total. The summed E-state index contributed by atoms with van der Waals surface area (Å²) in [5.74, 6) is 3.12. The Morgan fingerprint density at radius 1 is 1.52 bits per heavy atom. The molecule has 1 aromatic rings. The summed E-state index contributed by atoms with van der Waals surface area (Å²) in [4.78, 5) is 12.1. The Hall–Kier alpha value is -1.28. The topological polar surface area (TPSA) is 46.9 Å². The van der Waals surface area contributed by atoms with Crippen molar-refractivity contribution in [1.29, 1.82) is 0 Å². The zero-order chi connectivity index (χ0) is 15.2. The summed E-state index contributed by atoms with van der Waals surface area (Å²) in [6, 6.07) is 0.395. The molecule has 0 saturated heterocycles. The Morgan fingerprint density at radius 2 is 2.24 bits per heavy atom. The van der Waals surface area contributed by atoms with Crippen LogP contribution in [0.5, 0.6) is 0 Å². The Labute approximate surface area is 134 Å². The molecule has 1 aliphatic rings. The van der Waals surface area contributed by atoms with E-state index in [1.165, 1.54) is 36.8 Å². The standard InChI is InChI=1S/C16H22BrN3O/c1-3-10-20-16(21)15(17)14(11-18-20)19-13(4-2)12-8-6-5-7-9-12/h1,11-13,19H,4-10H2,2H3. The zero-order valence-electron chi connectivity index (χ0n) is 12.4. The molecule has 1 heterocycles. The molecule has 1 saturated carbocycles. The smallest absolute Gasteiger partial charge is 0.284 e. The van der Waals surface area contributed by atoms with Crippen LogP contribution in [0.25, 0.3) is 0 Å². The van der Waals surface area contributed by atoms with Crippen LogP contribution in [-0.2, 0) is 6.54 Å². The van der Waals surface area contributed by atoms with Crippen LogP contribution in [0, 0.1) is 18.3 Å². The van der Waals surface area contributed by atoms with E-state index in [4.69, 9.17) is 6.42 Å². The fourth-order valence-electron chi connectivity index (χ4n) is 3.05. The van der Waals surface area contributed by atoms with E-state index in [2.05, 4.69) is 39.2 Å². The van der Waals surface area contributed by atoms with Crippen molar-refractivity contribution >= 4 is 21.6 Å². The van der Waals surface area contributed by atoms with E-state index in [1.54, 1.807) is 6.20 Å². The number of halogens is 1. The highest BCUT2D eigenvalue weighted by atomic mass is 79.9. The van der Waals surface area contributed by atoms with Gasteiger partial charge in [0.05, 0.1) is 11.9 Å². The van der Waals surface area contributed by atoms with E-state index in [9.17, 15) is 4.79 Å². The SMILES string of the molecule is C#CCn1ncc(NC(CC)C2CCCCC2)c(Br)c1=O. The van der Waals surface area contributed by atoms with Crippen LogP contribution in [-0.4, -0.2) is 15.8 Å². The first-order valence-electron chi connectivity index (χ1n) is 7.63. The summed E-state index contributed by atoms with van der Waals surface area (Å²) in [5, 5.41) is 7.63. The van der Waals surface area contributed by atoms with Crippen LogP contribution >= 0.6 is 15.9 Å². The van der Waals surface area contributed by atoms with Gasteiger partial charge in [-0.2, -0.15) is 5.10 Å². The monoisotopic (exact) mass is 351 g/mol. The molecule has 0 bridgehead atoms. The minimum Gasteiger partial charge on any atom is -0.380 e. The molecule has 1 N–H and O–H groups in total. The first-order valence-corrected chi connectivity index (χ1v) is 8.42. The van der Waals surface area contributed by atoms with Crippen LogP contribution in [0.4, 0.5) is 5.69 Å². The number of aromatic nitrogens is 2. The van der Waals surface area contributed by atoms with Crippen molar-refractivity contribution in [2.24, 2.45) is 5.92 Å². The summed E-state index contributed by atoms with van der Waals surface area (Å²) in [6.07, 6.45) is 14.5. The second-order valence-corrected chi connectivity index (χ2v) is 6.39. The van der Waals surface area contributed by atoms with Crippen molar-refractivity contribution in [1.82, 2.24) is 9.78 Å². The van der Waals surface area contributed by atoms with E-state index >= 15 is 0 Å². The third-order valence-corrected chi connectivity index (χ3v) is 4.99. The van der Waals surface area contributed by atoms with Crippen LogP contribution in [0.3, 0.4) is 0 Å². The lowest BCUT2D eigenvalue weighted by Crippen LogP contribution is -2.32. The number of hydrogen-bond donors (Lipinski definition) is 1. The lowest BCUT2D eigenvalue weighted by Gasteiger charge is -2.31. The number of hydrogen-bond acceptors (Lipinski definition) is 3.